The Morgan fingerprint density at radius 1 is 1.24 bits per heavy atom. The van der Waals surface area contributed by atoms with Crippen LogP contribution in [0.2, 0.25) is 0 Å². The molecule has 0 aliphatic rings. The molecule has 2 rings (SSSR count). The third kappa shape index (κ3) is 4.22. The topological polar surface area (TPSA) is 48.3 Å². The Kier molecular flexibility index (Phi) is 5.64. The first-order chi connectivity index (χ1) is 10.1. The molecular formula is C15H20BrN3O2. The molecule has 0 amide bonds. The smallest absolute Gasteiger partial charge is 0.174 e. The fourth-order valence-electron chi connectivity index (χ4n) is 2.14. The summed E-state index contributed by atoms with van der Waals surface area (Å²) in [5.74, 6) is 1.45. The van der Waals surface area contributed by atoms with Crippen LogP contribution in [0.4, 0.5) is 0 Å². The van der Waals surface area contributed by atoms with E-state index in [0.29, 0.717) is 0 Å². The third-order valence-corrected chi connectivity index (χ3v) is 3.76. The normalized spacial score (nSPS) is 10.7. The number of hydrogen-bond donors (Lipinski definition) is 1. The largest absolute Gasteiger partial charge is 0.493 e. The molecule has 0 saturated heterocycles. The number of methoxy groups -OCH3 is 2. The second-order valence-electron chi connectivity index (χ2n) is 4.76. The predicted molar refractivity (Wildman–Crippen MR) is 85.9 cm³/mol. The molecule has 0 bridgehead atoms. The fraction of sp³-hybridized carbons (Fsp3) is 0.400. The Morgan fingerprint density at radius 2 is 2.05 bits per heavy atom. The highest BCUT2D eigenvalue weighted by molar-refractivity contribution is 9.10. The highest BCUT2D eigenvalue weighted by Gasteiger charge is 2.10. The van der Waals surface area contributed by atoms with Crippen molar-refractivity contribution in [3.8, 4) is 11.5 Å². The molecule has 1 N–H and O–H groups in total. The van der Waals surface area contributed by atoms with E-state index in [9.17, 15) is 0 Å². The minimum atomic E-state index is 0.719. The molecule has 21 heavy (non-hydrogen) atoms. The minimum Gasteiger partial charge on any atom is -0.493 e. The van der Waals surface area contributed by atoms with Crippen molar-refractivity contribution in [1.82, 2.24) is 15.1 Å². The zero-order valence-electron chi connectivity index (χ0n) is 12.5. The fourth-order valence-corrected chi connectivity index (χ4v) is 2.79. The molecule has 0 saturated carbocycles. The van der Waals surface area contributed by atoms with Crippen molar-refractivity contribution in [2.24, 2.45) is 7.05 Å². The quantitative estimate of drug-likeness (QED) is 0.777. The van der Waals surface area contributed by atoms with E-state index in [1.807, 2.05) is 36.3 Å². The second kappa shape index (κ2) is 7.47. The van der Waals surface area contributed by atoms with E-state index in [2.05, 4.69) is 26.3 Å². The Morgan fingerprint density at radius 3 is 2.67 bits per heavy atom. The van der Waals surface area contributed by atoms with E-state index in [0.717, 1.165) is 41.0 Å². The molecule has 0 aliphatic heterocycles. The maximum absolute atomic E-state index is 5.34. The van der Waals surface area contributed by atoms with Crippen molar-refractivity contribution in [2.75, 3.05) is 20.8 Å². The van der Waals surface area contributed by atoms with Crippen molar-refractivity contribution >= 4 is 15.9 Å². The van der Waals surface area contributed by atoms with Crippen LogP contribution in [0, 0.1) is 0 Å². The molecule has 1 heterocycles. The molecule has 5 nitrogen and oxygen atoms in total. The van der Waals surface area contributed by atoms with Crippen LogP contribution in [0.25, 0.3) is 0 Å². The highest BCUT2D eigenvalue weighted by Crippen LogP contribution is 2.36. The van der Waals surface area contributed by atoms with Gasteiger partial charge in [0, 0.05) is 19.8 Å². The van der Waals surface area contributed by atoms with Crippen molar-refractivity contribution < 1.29 is 9.47 Å². The van der Waals surface area contributed by atoms with E-state index in [-0.39, 0.29) is 0 Å². The molecule has 1 aromatic carbocycles. The number of aromatic nitrogens is 2. The van der Waals surface area contributed by atoms with Gasteiger partial charge in [-0.25, -0.2) is 0 Å². The van der Waals surface area contributed by atoms with Gasteiger partial charge in [-0.05, 0) is 52.2 Å². The molecule has 0 radical (unpaired) electrons. The lowest BCUT2D eigenvalue weighted by Gasteiger charge is -2.12. The van der Waals surface area contributed by atoms with E-state index < -0.39 is 0 Å². The maximum Gasteiger partial charge on any atom is 0.174 e. The molecule has 2 aromatic rings. The van der Waals surface area contributed by atoms with E-state index in [1.54, 1.807) is 14.2 Å². The summed E-state index contributed by atoms with van der Waals surface area (Å²) in [6, 6.07) is 4.03. The van der Waals surface area contributed by atoms with Crippen molar-refractivity contribution in [3.63, 3.8) is 0 Å². The summed E-state index contributed by atoms with van der Waals surface area (Å²) in [5.41, 5.74) is 2.38. The average Bonchev–Trinajstić information content (AvgIpc) is 2.88. The monoisotopic (exact) mass is 353 g/mol. The number of nitrogens with zero attached hydrogens (tertiary/aromatic N) is 2. The zero-order valence-corrected chi connectivity index (χ0v) is 14.1. The Labute approximate surface area is 133 Å². The van der Waals surface area contributed by atoms with Crippen LogP contribution < -0.4 is 14.8 Å². The van der Waals surface area contributed by atoms with Gasteiger partial charge in [-0.3, -0.25) is 4.68 Å². The van der Waals surface area contributed by atoms with Gasteiger partial charge in [-0.1, -0.05) is 0 Å². The van der Waals surface area contributed by atoms with Crippen LogP contribution in [0.1, 0.15) is 11.1 Å². The van der Waals surface area contributed by atoms with E-state index in [1.165, 1.54) is 5.56 Å². The van der Waals surface area contributed by atoms with Gasteiger partial charge in [0.2, 0.25) is 0 Å². The number of rotatable bonds is 7. The first-order valence-electron chi connectivity index (χ1n) is 6.72. The van der Waals surface area contributed by atoms with Crippen LogP contribution >= 0.6 is 15.9 Å². The molecule has 0 atom stereocenters. The molecular weight excluding hydrogens is 334 g/mol. The van der Waals surface area contributed by atoms with Crippen molar-refractivity contribution in [3.05, 3.63) is 40.1 Å². The summed E-state index contributed by atoms with van der Waals surface area (Å²) in [6.07, 6.45) is 4.89. The molecule has 0 fully saturated rings. The van der Waals surface area contributed by atoms with Gasteiger partial charge in [0.1, 0.15) is 0 Å². The summed E-state index contributed by atoms with van der Waals surface area (Å²) in [4.78, 5) is 0. The molecule has 0 aliphatic carbocycles. The Bertz CT molecular complexity index is 599. The number of benzene rings is 1. The van der Waals surface area contributed by atoms with Crippen LogP contribution in [0.5, 0.6) is 11.5 Å². The van der Waals surface area contributed by atoms with Gasteiger partial charge < -0.3 is 14.8 Å². The van der Waals surface area contributed by atoms with Gasteiger partial charge >= 0.3 is 0 Å². The Hall–Kier alpha value is -1.53. The Balaban J connectivity index is 1.89. The summed E-state index contributed by atoms with van der Waals surface area (Å²) in [6.45, 7) is 1.68. The van der Waals surface area contributed by atoms with E-state index in [4.69, 9.17) is 9.47 Å². The van der Waals surface area contributed by atoms with Gasteiger partial charge in [-0.15, -0.1) is 0 Å². The van der Waals surface area contributed by atoms with Crippen molar-refractivity contribution in [1.29, 1.82) is 0 Å². The van der Waals surface area contributed by atoms with Crippen molar-refractivity contribution in [2.45, 2.75) is 13.0 Å². The number of hydrogen-bond acceptors (Lipinski definition) is 4. The number of aryl methyl sites for hydroxylation is 1. The highest BCUT2D eigenvalue weighted by atomic mass is 79.9. The number of ether oxygens (including phenoxy) is 2. The van der Waals surface area contributed by atoms with Crippen LogP contribution in [0.15, 0.2) is 29.0 Å². The molecule has 6 heteroatoms. The molecule has 0 unspecified atom stereocenters. The molecule has 114 valence electrons. The lowest BCUT2D eigenvalue weighted by molar-refractivity contribution is 0.352. The summed E-state index contributed by atoms with van der Waals surface area (Å²) < 4.78 is 13.4. The summed E-state index contributed by atoms with van der Waals surface area (Å²) in [5, 5.41) is 7.58. The first-order valence-corrected chi connectivity index (χ1v) is 7.52. The molecule has 1 aromatic heterocycles. The van der Waals surface area contributed by atoms with E-state index >= 15 is 0 Å². The minimum absolute atomic E-state index is 0.719. The average molecular weight is 354 g/mol. The number of nitrogens with one attached hydrogen (secondary N) is 1. The predicted octanol–water partition coefficient (Wildman–Crippen LogP) is 2.53. The zero-order chi connectivity index (χ0) is 15.2. The van der Waals surface area contributed by atoms with Gasteiger partial charge in [-0.2, -0.15) is 5.10 Å². The van der Waals surface area contributed by atoms with Gasteiger partial charge in [0.15, 0.2) is 11.5 Å². The summed E-state index contributed by atoms with van der Waals surface area (Å²) >= 11 is 3.50. The maximum atomic E-state index is 5.34. The van der Waals surface area contributed by atoms with Crippen LogP contribution in [-0.4, -0.2) is 30.5 Å². The lowest BCUT2D eigenvalue weighted by Crippen LogP contribution is -2.16. The van der Waals surface area contributed by atoms with Gasteiger partial charge in [0.25, 0.3) is 0 Å². The van der Waals surface area contributed by atoms with Crippen LogP contribution in [0.3, 0.4) is 0 Å². The van der Waals surface area contributed by atoms with Gasteiger partial charge in [0.05, 0.1) is 24.9 Å². The second-order valence-corrected chi connectivity index (χ2v) is 5.62. The SMILES string of the molecule is COc1cc(CNCCc2cnn(C)c2)cc(Br)c1OC. The number of halogens is 1. The molecule has 0 spiro atoms. The lowest BCUT2D eigenvalue weighted by atomic mass is 10.2. The first kappa shape index (κ1) is 15.9. The standard InChI is InChI=1S/C15H20BrN3O2/c1-19-10-11(9-18-19)4-5-17-8-12-6-13(16)15(21-3)14(7-12)20-2/h6-7,9-10,17H,4-5,8H2,1-3H3. The third-order valence-electron chi connectivity index (χ3n) is 3.17. The summed E-state index contributed by atoms with van der Waals surface area (Å²) in [7, 11) is 5.20. The van der Waals surface area contributed by atoms with Crippen LogP contribution in [-0.2, 0) is 20.0 Å².